The number of nitrogens with one attached hydrogen (secondary N) is 1. The van der Waals surface area contributed by atoms with E-state index in [9.17, 15) is 14.7 Å². The first-order valence-corrected chi connectivity index (χ1v) is 7.78. The molecule has 1 heterocycles. The molecule has 2 atom stereocenters. The molecule has 1 aliphatic rings. The Labute approximate surface area is 131 Å². The number of likely N-dealkylation sites (tertiary alicyclic amines) is 1. The van der Waals surface area contributed by atoms with E-state index in [0.717, 1.165) is 0 Å². The van der Waals surface area contributed by atoms with Crippen LogP contribution >= 0.6 is 0 Å². The summed E-state index contributed by atoms with van der Waals surface area (Å²) in [4.78, 5) is 26.2. The fourth-order valence-corrected chi connectivity index (χ4v) is 2.79. The molecule has 1 aromatic carbocycles. The van der Waals surface area contributed by atoms with Crippen molar-refractivity contribution in [3.8, 4) is 0 Å². The number of carbonyl (C=O) groups is 2. The minimum Gasteiger partial charge on any atom is -0.396 e. The van der Waals surface area contributed by atoms with Gasteiger partial charge in [-0.05, 0) is 18.6 Å². The van der Waals surface area contributed by atoms with E-state index < -0.39 is 0 Å². The number of carbonyl (C=O) groups excluding carboxylic acids is 2. The third-order valence-electron chi connectivity index (χ3n) is 4.15. The summed E-state index contributed by atoms with van der Waals surface area (Å²) < 4.78 is 0. The highest BCUT2D eigenvalue weighted by Gasteiger charge is 2.32. The van der Waals surface area contributed by atoms with Crippen molar-refractivity contribution in [3.63, 3.8) is 0 Å². The van der Waals surface area contributed by atoms with Crippen LogP contribution in [0, 0.1) is 11.8 Å². The van der Waals surface area contributed by atoms with Crippen LogP contribution in [-0.2, 0) is 4.79 Å². The predicted octanol–water partition coefficient (Wildman–Crippen LogP) is 1.28. The molecule has 2 N–H and O–H groups in total. The summed E-state index contributed by atoms with van der Waals surface area (Å²) in [7, 11) is 0. The molecule has 0 aliphatic carbocycles. The van der Waals surface area contributed by atoms with Gasteiger partial charge in [-0.25, -0.2) is 0 Å². The summed E-state index contributed by atoms with van der Waals surface area (Å²) in [5.41, 5.74) is 0.589. The molecule has 0 spiro atoms. The van der Waals surface area contributed by atoms with Crippen molar-refractivity contribution in [1.82, 2.24) is 10.2 Å². The van der Waals surface area contributed by atoms with Gasteiger partial charge in [0.15, 0.2) is 0 Å². The molecule has 0 aromatic heterocycles. The zero-order valence-electron chi connectivity index (χ0n) is 13.2. The van der Waals surface area contributed by atoms with Gasteiger partial charge in [-0.3, -0.25) is 9.59 Å². The quantitative estimate of drug-likeness (QED) is 0.880. The zero-order valence-corrected chi connectivity index (χ0v) is 13.2. The number of benzene rings is 1. The lowest BCUT2D eigenvalue weighted by Gasteiger charge is -2.39. The maximum Gasteiger partial charge on any atom is 0.251 e. The van der Waals surface area contributed by atoms with E-state index >= 15 is 0 Å². The number of nitrogens with zero attached hydrogens (tertiary/aromatic N) is 1. The van der Waals surface area contributed by atoms with E-state index in [1.165, 1.54) is 0 Å². The maximum atomic E-state index is 12.3. The van der Waals surface area contributed by atoms with Crippen LogP contribution in [0.4, 0.5) is 0 Å². The van der Waals surface area contributed by atoms with E-state index in [1.54, 1.807) is 17.0 Å². The molecule has 1 saturated heterocycles. The topological polar surface area (TPSA) is 69.6 Å². The van der Waals surface area contributed by atoms with E-state index in [-0.39, 0.29) is 36.3 Å². The Bertz CT molecular complexity index is 516. The molecule has 0 saturated carbocycles. The molecule has 0 unspecified atom stereocenters. The summed E-state index contributed by atoms with van der Waals surface area (Å²) in [5.74, 6) is -0.140. The highest BCUT2D eigenvalue weighted by Crippen LogP contribution is 2.19. The van der Waals surface area contributed by atoms with Crippen LogP contribution in [0.1, 0.15) is 30.6 Å². The van der Waals surface area contributed by atoms with Crippen molar-refractivity contribution in [2.45, 2.75) is 26.3 Å². The summed E-state index contributed by atoms with van der Waals surface area (Å²) >= 11 is 0. The molecule has 2 amide bonds. The third-order valence-corrected chi connectivity index (χ3v) is 4.15. The van der Waals surface area contributed by atoms with Crippen LogP contribution in [0.2, 0.25) is 0 Å². The van der Waals surface area contributed by atoms with Crippen LogP contribution in [0.5, 0.6) is 0 Å². The van der Waals surface area contributed by atoms with Crippen molar-refractivity contribution >= 4 is 11.8 Å². The van der Waals surface area contributed by atoms with Gasteiger partial charge >= 0.3 is 0 Å². The van der Waals surface area contributed by atoms with Crippen molar-refractivity contribution < 1.29 is 14.7 Å². The number of hydrogen-bond acceptors (Lipinski definition) is 3. The van der Waals surface area contributed by atoms with Gasteiger partial charge in [0.1, 0.15) is 0 Å². The molecule has 2 rings (SSSR count). The Kier molecular flexibility index (Phi) is 5.55. The minimum atomic E-state index is -0.214. The number of rotatable bonds is 4. The highest BCUT2D eigenvalue weighted by molar-refractivity contribution is 5.94. The van der Waals surface area contributed by atoms with Gasteiger partial charge in [-0.2, -0.15) is 0 Å². The molecule has 120 valence electrons. The van der Waals surface area contributed by atoms with Gasteiger partial charge in [-0.15, -0.1) is 0 Å². The first-order chi connectivity index (χ1) is 10.5. The zero-order chi connectivity index (χ0) is 16.1. The van der Waals surface area contributed by atoms with Crippen molar-refractivity contribution in [3.05, 3.63) is 35.9 Å². The molecule has 5 nitrogen and oxygen atoms in total. The Hall–Kier alpha value is -1.88. The number of amides is 2. The van der Waals surface area contributed by atoms with Crippen molar-refractivity contribution in [2.75, 3.05) is 19.7 Å². The summed E-state index contributed by atoms with van der Waals surface area (Å²) in [6, 6.07) is 8.78. The van der Waals surface area contributed by atoms with Crippen LogP contribution in [0.15, 0.2) is 30.3 Å². The summed E-state index contributed by atoms with van der Waals surface area (Å²) in [6.45, 7) is 4.86. The first kappa shape index (κ1) is 16.5. The standard InChI is InChI=1S/C17H24N2O3/c1-12(2)17(22)19-9-8-14(11-20)15(10-19)18-16(21)13-6-4-3-5-7-13/h3-7,12,14-15,20H,8-11H2,1-2H3,(H,18,21)/t14-,15-/m1/s1. The predicted molar refractivity (Wildman–Crippen MR) is 84.3 cm³/mol. The van der Waals surface area contributed by atoms with Gasteiger partial charge in [0.25, 0.3) is 5.91 Å². The lowest BCUT2D eigenvalue weighted by Crippen LogP contribution is -2.55. The van der Waals surface area contributed by atoms with Gasteiger partial charge in [0, 0.05) is 37.1 Å². The Balaban J connectivity index is 2.05. The molecule has 0 radical (unpaired) electrons. The van der Waals surface area contributed by atoms with E-state index in [2.05, 4.69) is 5.32 Å². The Morgan fingerprint density at radius 1 is 1.32 bits per heavy atom. The monoisotopic (exact) mass is 304 g/mol. The van der Waals surface area contributed by atoms with Crippen molar-refractivity contribution in [1.29, 1.82) is 0 Å². The number of aliphatic hydroxyl groups is 1. The van der Waals surface area contributed by atoms with Crippen LogP contribution in [-0.4, -0.2) is 47.6 Å². The van der Waals surface area contributed by atoms with Crippen LogP contribution in [0.25, 0.3) is 0 Å². The average molecular weight is 304 g/mol. The molecule has 1 fully saturated rings. The Morgan fingerprint density at radius 2 is 2.00 bits per heavy atom. The van der Waals surface area contributed by atoms with Gasteiger partial charge in [0.05, 0.1) is 6.04 Å². The molecule has 5 heteroatoms. The number of piperidine rings is 1. The second-order valence-corrected chi connectivity index (χ2v) is 6.12. The normalized spacial score (nSPS) is 21.7. The van der Waals surface area contributed by atoms with Gasteiger partial charge in [-0.1, -0.05) is 32.0 Å². The van der Waals surface area contributed by atoms with E-state index in [1.807, 2.05) is 32.0 Å². The van der Waals surface area contributed by atoms with Crippen molar-refractivity contribution in [2.24, 2.45) is 11.8 Å². The molecule has 1 aromatic rings. The lowest BCUT2D eigenvalue weighted by atomic mass is 9.91. The molecule has 1 aliphatic heterocycles. The molecule has 0 bridgehead atoms. The third kappa shape index (κ3) is 3.85. The minimum absolute atomic E-state index is 0.0103. The number of aliphatic hydroxyl groups excluding tert-OH is 1. The second-order valence-electron chi connectivity index (χ2n) is 6.12. The molecular weight excluding hydrogens is 280 g/mol. The largest absolute Gasteiger partial charge is 0.396 e. The fraction of sp³-hybridized carbons (Fsp3) is 0.529. The second kappa shape index (κ2) is 7.40. The molecular formula is C17H24N2O3. The fourth-order valence-electron chi connectivity index (χ4n) is 2.79. The van der Waals surface area contributed by atoms with Gasteiger partial charge in [0.2, 0.25) is 5.91 Å². The smallest absolute Gasteiger partial charge is 0.251 e. The highest BCUT2D eigenvalue weighted by atomic mass is 16.3. The SMILES string of the molecule is CC(C)C(=O)N1CC[C@H](CO)[C@H](NC(=O)c2ccccc2)C1. The van der Waals surface area contributed by atoms with Crippen LogP contribution in [0.3, 0.4) is 0 Å². The van der Waals surface area contributed by atoms with Crippen LogP contribution < -0.4 is 5.32 Å². The molecule has 22 heavy (non-hydrogen) atoms. The maximum absolute atomic E-state index is 12.3. The first-order valence-electron chi connectivity index (χ1n) is 7.78. The number of hydrogen-bond donors (Lipinski definition) is 2. The lowest BCUT2D eigenvalue weighted by molar-refractivity contribution is -0.136. The van der Waals surface area contributed by atoms with E-state index in [4.69, 9.17) is 0 Å². The summed E-state index contributed by atoms with van der Waals surface area (Å²) in [6.07, 6.45) is 0.703. The Morgan fingerprint density at radius 3 is 2.59 bits per heavy atom. The van der Waals surface area contributed by atoms with Gasteiger partial charge < -0.3 is 15.3 Å². The van der Waals surface area contributed by atoms with E-state index in [0.29, 0.717) is 25.1 Å². The average Bonchev–Trinajstić information content (AvgIpc) is 2.54. The summed E-state index contributed by atoms with van der Waals surface area (Å²) in [5, 5.41) is 12.5.